The molecule has 0 bridgehead atoms. The Morgan fingerprint density at radius 1 is 1.05 bits per heavy atom. The van der Waals surface area contributed by atoms with Crippen molar-refractivity contribution in [2.75, 3.05) is 12.4 Å². The molecule has 1 atom stereocenters. The summed E-state index contributed by atoms with van der Waals surface area (Å²) in [6, 6.07) is 13.0. The van der Waals surface area contributed by atoms with E-state index < -0.39 is 6.10 Å². The molecule has 0 aliphatic carbocycles. The van der Waals surface area contributed by atoms with Crippen molar-refractivity contribution < 1.29 is 14.3 Å². The molecule has 22 heavy (non-hydrogen) atoms. The summed E-state index contributed by atoms with van der Waals surface area (Å²) in [7, 11) is 1.61. The van der Waals surface area contributed by atoms with Crippen LogP contribution in [0, 0.1) is 13.8 Å². The van der Waals surface area contributed by atoms with Gasteiger partial charge in [0, 0.05) is 5.69 Å². The summed E-state index contributed by atoms with van der Waals surface area (Å²) in [6.07, 6.45) is -0.590. The van der Waals surface area contributed by atoms with E-state index in [1.807, 2.05) is 32.0 Å². The van der Waals surface area contributed by atoms with Gasteiger partial charge in [0.1, 0.15) is 11.5 Å². The van der Waals surface area contributed by atoms with Crippen LogP contribution in [-0.2, 0) is 4.79 Å². The molecule has 0 spiro atoms. The second-order valence-corrected chi connectivity index (χ2v) is 5.17. The molecule has 0 fully saturated rings. The van der Waals surface area contributed by atoms with E-state index in [1.165, 1.54) is 0 Å². The smallest absolute Gasteiger partial charge is 0.265 e. The maximum atomic E-state index is 12.2. The Hall–Kier alpha value is -2.49. The van der Waals surface area contributed by atoms with Crippen LogP contribution in [0.4, 0.5) is 5.69 Å². The highest BCUT2D eigenvalue weighted by molar-refractivity contribution is 5.94. The van der Waals surface area contributed by atoms with E-state index in [2.05, 4.69) is 5.32 Å². The molecule has 0 aromatic heterocycles. The van der Waals surface area contributed by atoms with Gasteiger partial charge in [0.25, 0.3) is 5.91 Å². The number of anilines is 1. The van der Waals surface area contributed by atoms with Gasteiger partial charge in [0.15, 0.2) is 6.10 Å². The standard InChI is InChI=1S/C18H21NO3/c1-12-6-5-7-17(13(12)2)19-18(20)14(3)22-16-10-8-15(21-4)9-11-16/h5-11,14H,1-4H3,(H,19,20). The first-order valence-electron chi connectivity index (χ1n) is 7.19. The fraction of sp³-hybridized carbons (Fsp3) is 0.278. The van der Waals surface area contributed by atoms with Crippen LogP contribution in [0.5, 0.6) is 11.5 Å². The molecule has 0 saturated carbocycles. The minimum atomic E-state index is -0.590. The zero-order valence-electron chi connectivity index (χ0n) is 13.3. The highest BCUT2D eigenvalue weighted by atomic mass is 16.5. The average Bonchev–Trinajstić information content (AvgIpc) is 2.52. The van der Waals surface area contributed by atoms with Crippen LogP contribution in [0.2, 0.25) is 0 Å². The first-order chi connectivity index (χ1) is 10.5. The lowest BCUT2D eigenvalue weighted by Gasteiger charge is -2.16. The minimum absolute atomic E-state index is 0.176. The van der Waals surface area contributed by atoms with Crippen molar-refractivity contribution >= 4 is 11.6 Å². The molecule has 2 aromatic carbocycles. The monoisotopic (exact) mass is 299 g/mol. The third kappa shape index (κ3) is 3.79. The Bertz CT molecular complexity index is 650. The van der Waals surface area contributed by atoms with E-state index in [0.717, 1.165) is 22.6 Å². The molecule has 116 valence electrons. The number of ether oxygens (including phenoxy) is 2. The van der Waals surface area contributed by atoms with Crippen LogP contribution in [0.25, 0.3) is 0 Å². The Morgan fingerprint density at radius 3 is 2.32 bits per heavy atom. The number of hydrogen-bond donors (Lipinski definition) is 1. The van der Waals surface area contributed by atoms with Crippen LogP contribution in [0.1, 0.15) is 18.1 Å². The number of nitrogens with one attached hydrogen (secondary N) is 1. The van der Waals surface area contributed by atoms with E-state index in [0.29, 0.717) is 5.75 Å². The zero-order chi connectivity index (χ0) is 16.1. The molecule has 0 saturated heterocycles. The van der Waals surface area contributed by atoms with E-state index >= 15 is 0 Å². The first-order valence-corrected chi connectivity index (χ1v) is 7.19. The Kier molecular flexibility index (Phi) is 5.04. The highest BCUT2D eigenvalue weighted by Gasteiger charge is 2.16. The van der Waals surface area contributed by atoms with Crippen molar-refractivity contribution in [2.45, 2.75) is 26.9 Å². The second-order valence-electron chi connectivity index (χ2n) is 5.17. The third-order valence-corrected chi connectivity index (χ3v) is 3.60. The number of carbonyl (C=O) groups is 1. The Balaban J connectivity index is 2.01. The summed E-state index contributed by atoms with van der Waals surface area (Å²) < 4.78 is 10.7. The number of aryl methyl sites for hydroxylation is 1. The molecule has 0 aliphatic rings. The molecule has 0 aliphatic heterocycles. The number of rotatable bonds is 5. The van der Waals surface area contributed by atoms with Gasteiger partial charge < -0.3 is 14.8 Å². The topological polar surface area (TPSA) is 47.6 Å². The lowest BCUT2D eigenvalue weighted by atomic mass is 10.1. The van der Waals surface area contributed by atoms with Crippen LogP contribution in [0.15, 0.2) is 42.5 Å². The van der Waals surface area contributed by atoms with Gasteiger partial charge in [0.2, 0.25) is 0 Å². The van der Waals surface area contributed by atoms with Gasteiger partial charge in [-0.1, -0.05) is 12.1 Å². The third-order valence-electron chi connectivity index (χ3n) is 3.60. The molecular formula is C18H21NO3. The number of methoxy groups -OCH3 is 1. The molecule has 0 radical (unpaired) electrons. The van der Waals surface area contributed by atoms with E-state index in [1.54, 1.807) is 38.3 Å². The summed E-state index contributed by atoms with van der Waals surface area (Å²) in [4.78, 5) is 12.2. The molecular weight excluding hydrogens is 278 g/mol. The Labute approximate surface area is 131 Å². The van der Waals surface area contributed by atoms with Gasteiger partial charge in [-0.25, -0.2) is 0 Å². The van der Waals surface area contributed by atoms with Gasteiger partial charge in [-0.15, -0.1) is 0 Å². The Morgan fingerprint density at radius 2 is 1.68 bits per heavy atom. The number of carbonyl (C=O) groups excluding carboxylic acids is 1. The number of hydrogen-bond acceptors (Lipinski definition) is 3. The average molecular weight is 299 g/mol. The van der Waals surface area contributed by atoms with Crippen molar-refractivity contribution in [1.82, 2.24) is 0 Å². The van der Waals surface area contributed by atoms with Crippen LogP contribution < -0.4 is 14.8 Å². The van der Waals surface area contributed by atoms with E-state index in [4.69, 9.17) is 9.47 Å². The van der Waals surface area contributed by atoms with Gasteiger partial charge >= 0.3 is 0 Å². The van der Waals surface area contributed by atoms with Crippen molar-refractivity contribution in [1.29, 1.82) is 0 Å². The molecule has 0 heterocycles. The fourth-order valence-electron chi connectivity index (χ4n) is 2.03. The summed E-state index contributed by atoms with van der Waals surface area (Å²) in [5, 5.41) is 2.90. The van der Waals surface area contributed by atoms with Crippen molar-refractivity contribution in [3.8, 4) is 11.5 Å². The quantitative estimate of drug-likeness (QED) is 0.915. The van der Waals surface area contributed by atoms with Gasteiger partial charge in [-0.05, 0) is 62.2 Å². The molecule has 1 amide bonds. The normalized spacial score (nSPS) is 11.6. The molecule has 4 heteroatoms. The van der Waals surface area contributed by atoms with Crippen LogP contribution in [0.3, 0.4) is 0 Å². The van der Waals surface area contributed by atoms with E-state index in [-0.39, 0.29) is 5.91 Å². The van der Waals surface area contributed by atoms with E-state index in [9.17, 15) is 4.79 Å². The van der Waals surface area contributed by atoms with Crippen molar-refractivity contribution in [2.24, 2.45) is 0 Å². The van der Waals surface area contributed by atoms with Gasteiger partial charge in [0.05, 0.1) is 7.11 Å². The predicted molar refractivity (Wildman–Crippen MR) is 87.6 cm³/mol. The molecule has 4 nitrogen and oxygen atoms in total. The van der Waals surface area contributed by atoms with Crippen LogP contribution >= 0.6 is 0 Å². The molecule has 2 aromatic rings. The lowest BCUT2D eigenvalue weighted by Crippen LogP contribution is -2.30. The van der Waals surface area contributed by atoms with Gasteiger partial charge in [-0.2, -0.15) is 0 Å². The second kappa shape index (κ2) is 6.98. The summed E-state index contributed by atoms with van der Waals surface area (Å²) in [5.74, 6) is 1.20. The van der Waals surface area contributed by atoms with Crippen molar-refractivity contribution in [3.63, 3.8) is 0 Å². The fourth-order valence-corrected chi connectivity index (χ4v) is 2.03. The summed E-state index contributed by atoms with van der Waals surface area (Å²) in [6.45, 7) is 5.73. The SMILES string of the molecule is COc1ccc(OC(C)C(=O)Nc2cccc(C)c2C)cc1. The predicted octanol–water partition coefficient (Wildman–Crippen LogP) is 3.72. The lowest BCUT2D eigenvalue weighted by molar-refractivity contribution is -0.122. The van der Waals surface area contributed by atoms with Crippen molar-refractivity contribution in [3.05, 3.63) is 53.6 Å². The summed E-state index contributed by atoms with van der Waals surface area (Å²) in [5.41, 5.74) is 3.02. The van der Waals surface area contributed by atoms with Crippen LogP contribution in [-0.4, -0.2) is 19.1 Å². The number of amides is 1. The molecule has 1 N–H and O–H groups in total. The maximum Gasteiger partial charge on any atom is 0.265 e. The summed E-state index contributed by atoms with van der Waals surface area (Å²) >= 11 is 0. The van der Waals surface area contributed by atoms with Gasteiger partial charge in [-0.3, -0.25) is 4.79 Å². The largest absolute Gasteiger partial charge is 0.497 e. The zero-order valence-corrected chi connectivity index (χ0v) is 13.3. The maximum absolute atomic E-state index is 12.2. The highest BCUT2D eigenvalue weighted by Crippen LogP contribution is 2.20. The first kappa shape index (κ1) is 15.9. The molecule has 2 rings (SSSR count). The minimum Gasteiger partial charge on any atom is -0.497 e. The number of benzene rings is 2. The molecule has 1 unspecified atom stereocenters.